The Bertz CT molecular complexity index is 969. The molecule has 3 N–H and O–H groups in total. The molecule has 1 saturated carbocycles. The quantitative estimate of drug-likeness (QED) is 0.490. The van der Waals surface area contributed by atoms with Crippen LogP contribution in [-0.4, -0.2) is 50.0 Å². The van der Waals surface area contributed by atoms with Crippen molar-refractivity contribution in [3.05, 3.63) is 29.8 Å². The van der Waals surface area contributed by atoms with Gasteiger partial charge in [0.05, 0.1) is 24.7 Å². The number of hydrogen-bond donors (Lipinski definition) is 3. The summed E-state index contributed by atoms with van der Waals surface area (Å²) in [7, 11) is 0. The lowest BCUT2D eigenvalue weighted by Crippen LogP contribution is -2.57. The third-order valence-electron chi connectivity index (χ3n) is 5.43. The number of aliphatic hydroxyl groups excluding tert-OH is 1. The average molecular weight is 480 g/mol. The number of ether oxygens (including phenoxy) is 1. The highest BCUT2D eigenvalue weighted by molar-refractivity contribution is 5.50. The van der Waals surface area contributed by atoms with Crippen molar-refractivity contribution >= 4 is 11.8 Å². The van der Waals surface area contributed by atoms with E-state index < -0.39 is 54.3 Å². The molecular weight excluding hydrogens is 458 g/mol. The Morgan fingerprint density at radius 2 is 1.88 bits per heavy atom. The number of anilines is 2. The molecule has 2 heterocycles. The van der Waals surface area contributed by atoms with E-state index >= 15 is 0 Å². The van der Waals surface area contributed by atoms with E-state index in [0.717, 1.165) is 6.33 Å². The topological polar surface area (TPSA) is 105 Å². The molecule has 1 fully saturated rings. The normalized spacial score (nSPS) is 20.2. The van der Waals surface area contributed by atoms with E-state index in [1.807, 2.05) is 0 Å². The van der Waals surface area contributed by atoms with Gasteiger partial charge in [0, 0.05) is 30.4 Å². The van der Waals surface area contributed by atoms with Crippen molar-refractivity contribution in [2.24, 2.45) is 5.41 Å². The number of nitrogens with zero attached hydrogens (tertiary/aromatic N) is 4. The van der Waals surface area contributed by atoms with Crippen LogP contribution < -0.4 is 15.4 Å². The van der Waals surface area contributed by atoms with Gasteiger partial charge in [-0.3, -0.25) is 0 Å². The minimum atomic E-state index is -4.71. The van der Waals surface area contributed by atoms with E-state index in [-0.39, 0.29) is 30.4 Å². The molecule has 2 atom stereocenters. The summed E-state index contributed by atoms with van der Waals surface area (Å²) in [6, 6.07) is -0.437. The first-order chi connectivity index (χ1) is 15.3. The van der Waals surface area contributed by atoms with Gasteiger partial charge in [-0.15, -0.1) is 0 Å². The van der Waals surface area contributed by atoms with Gasteiger partial charge in [0.15, 0.2) is 0 Å². The third kappa shape index (κ3) is 6.12. The largest absolute Gasteiger partial charge is 0.477 e. The molecule has 2 aromatic heterocycles. The highest BCUT2D eigenvalue weighted by Crippen LogP contribution is 2.43. The molecule has 1 aliphatic carbocycles. The molecule has 0 unspecified atom stereocenters. The summed E-state index contributed by atoms with van der Waals surface area (Å²) in [5, 5.41) is 15.3. The SMILES string of the molecule is CC1(C)[C@H](O)C[C@@H]1Nc1nc(NCc2cncnc2OCCC(F)(F)F)ncc1C(F)(F)F. The summed E-state index contributed by atoms with van der Waals surface area (Å²) >= 11 is 0. The smallest absolute Gasteiger partial charge is 0.421 e. The monoisotopic (exact) mass is 480 g/mol. The van der Waals surface area contributed by atoms with Crippen molar-refractivity contribution in [3.63, 3.8) is 0 Å². The molecule has 2 aromatic rings. The number of rotatable bonds is 8. The van der Waals surface area contributed by atoms with Crippen LogP contribution in [0, 0.1) is 5.41 Å². The second-order valence-corrected chi connectivity index (χ2v) is 8.14. The first-order valence-corrected chi connectivity index (χ1v) is 9.88. The van der Waals surface area contributed by atoms with Gasteiger partial charge in [0.1, 0.15) is 17.7 Å². The molecule has 0 spiro atoms. The van der Waals surface area contributed by atoms with Crippen LogP contribution in [0.4, 0.5) is 38.1 Å². The predicted octanol–water partition coefficient (Wildman–Crippen LogP) is 3.80. The lowest BCUT2D eigenvalue weighted by molar-refractivity contribution is -0.140. The van der Waals surface area contributed by atoms with Crippen molar-refractivity contribution in [3.8, 4) is 5.88 Å². The molecule has 0 saturated heterocycles. The summed E-state index contributed by atoms with van der Waals surface area (Å²) in [6.07, 6.45) is -7.65. The summed E-state index contributed by atoms with van der Waals surface area (Å²) in [5.74, 6) is -0.707. The molecule has 0 amide bonds. The number of alkyl halides is 6. The van der Waals surface area contributed by atoms with Crippen molar-refractivity contribution < 1.29 is 36.2 Å². The van der Waals surface area contributed by atoms with E-state index in [9.17, 15) is 31.4 Å². The van der Waals surface area contributed by atoms with Crippen LogP contribution >= 0.6 is 0 Å². The molecule has 0 bridgehead atoms. The summed E-state index contributed by atoms with van der Waals surface area (Å²) in [4.78, 5) is 15.2. The minimum Gasteiger partial charge on any atom is -0.477 e. The number of nitrogens with one attached hydrogen (secondary N) is 2. The van der Waals surface area contributed by atoms with Crippen molar-refractivity contribution in [2.75, 3.05) is 17.2 Å². The van der Waals surface area contributed by atoms with Gasteiger partial charge >= 0.3 is 12.4 Å². The Balaban J connectivity index is 1.73. The first-order valence-electron chi connectivity index (χ1n) is 9.88. The fourth-order valence-corrected chi connectivity index (χ4v) is 3.13. The van der Waals surface area contributed by atoms with Crippen molar-refractivity contribution in [1.82, 2.24) is 19.9 Å². The van der Waals surface area contributed by atoms with Crippen LogP contribution in [0.2, 0.25) is 0 Å². The Hall–Kier alpha value is -2.90. The van der Waals surface area contributed by atoms with Crippen LogP contribution in [0.3, 0.4) is 0 Å². The molecule has 1 aliphatic rings. The average Bonchev–Trinajstić information content (AvgIpc) is 2.71. The number of hydrogen-bond acceptors (Lipinski definition) is 8. The molecule has 0 radical (unpaired) electrons. The highest BCUT2D eigenvalue weighted by atomic mass is 19.4. The maximum atomic E-state index is 13.4. The molecule has 0 aliphatic heterocycles. The molecule has 3 rings (SSSR count). The highest BCUT2D eigenvalue weighted by Gasteiger charge is 2.48. The fraction of sp³-hybridized carbons (Fsp3) is 0.579. The van der Waals surface area contributed by atoms with Crippen molar-refractivity contribution in [1.29, 1.82) is 0 Å². The Morgan fingerprint density at radius 3 is 2.48 bits per heavy atom. The number of aliphatic hydroxyl groups is 1. The fourth-order valence-electron chi connectivity index (χ4n) is 3.13. The van der Waals surface area contributed by atoms with Gasteiger partial charge < -0.3 is 20.5 Å². The Kier molecular flexibility index (Phi) is 6.86. The molecule has 8 nitrogen and oxygen atoms in total. The lowest BCUT2D eigenvalue weighted by Gasteiger charge is -2.49. The van der Waals surface area contributed by atoms with E-state index in [0.29, 0.717) is 6.20 Å². The molecule has 182 valence electrons. The van der Waals surface area contributed by atoms with Crippen LogP contribution in [0.5, 0.6) is 5.88 Å². The van der Waals surface area contributed by atoms with E-state index in [4.69, 9.17) is 4.74 Å². The van der Waals surface area contributed by atoms with Gasteiger partial charge in [0.2, 0.25) is 11.8 Å². The van der Waals surface area contributed by atoms with E-state index in [1.165, 1.54) is 6.20 Å². The Morgan fingerprint density at radius 1 is 1.15 bits per heavy atom. The van der Waals surface area contributed by atoms with Crippen LogP contribution in [0.1, 0.15) is 37.8 Å². The van der Waals surface area contributed by atoms with Gasteiger partial charge in [-0.1, -0.05) is 13.8 Å². The van der Waals surface area contributed by atoms with Gasteiger partial charge in [-0.25, -0.2) is 15.0 Å². The summed E-state index contributed by atoms with van der Waals surface area (Å²) in [5.41, 5.74) is -1.45. The molecule has 14 heteroatoms. The maximum Gasteiger partial charge on any atom is 0.421 e. The maximum absolute atomic E-state index is 13.4. The van der Waals surface area contributed by atoms with Gasteiger partial charge in [-0.05, 0) is 6.42 Å². The van der Waals surface area contributed by atoms with Gasteiger partial charge in [-0.2, -0.15) is 31.3 Å². The molecular formula is C19H22F6N6O2. The zero-order valence-corrected chi connectivity index (χ0v) is 17.6. The number of halogens is 6. The zero-order valence-electron chi connectivity index (χ0n) is 17.6. The van der Waals surface area contributed by atoms with Crippen molar-refractivity contribution in [2.45, 2.75) is 57.7 Å². The number of aromatic nitrogens is 4. The second kappa shape index (κ2) is 9.15. The predicted molar refractivity (Wildman–Crippen MR) is 104 cm³/mol. The third-order valence-corrected chi connectivity index (χ3v) is 5.43. The molecule has 0 aromatic carbocycles. The van der Waals surface area contributed by atoms with E-state index in [2.05, 4.69) is 30.6 Å². The zero-order chi connectivity index (χ0) is 24.4. The van der Waals surface area contributed by atoms with Gasteiger partial charge in [0.25, 0.3) is 0 Å². The Labute approximate surface area is 184 Å². The first kappa shape index (κ1) is 24.7. The minimum absolute atomic E-state index is 0.0998. The van der Waals surface area contributed by atoms with Crippen LogP contribution in [0.25, 0.3) is 0 Å². The second-order valence-electron chi connectivity index (χ2n) is 8.14. The van der Waals surface area contributed by atoms with Crippen LogP contribution in [-0.2, 0) is 12.7 Å². The van der Waals surface area contributed by atoms with Crippen LogP contribution in [0.15, 0.2) is 18.7 Å². The molecule has 33 heavy (non-hydrogen) atoms. The lowest BCUT2D eigenvalue weighted by atomic mass is 9.64. The standard InChI is InChI=1S/C19H22F6N6O2/c1-17(2)12(5-13(17)32)30-14-11(19(23,24)25)8-28-16(31-14)27-7-10-6-26-9-29-15(10)33-4-3-18(20,21)22/h6,8-9,12-13,32H,3-5,7H2,1-2H3,(H2,27,28,30,31)/t12-,13+/m0/s1. The summed E-state index contributed by atoms with van der Waals surface area (Å²) in [6.45, 7) is 2.69. The summed E-state index contributed by atoms with van der Waals surface area (Å²) < 4.78 is 82.3. The van der Waals surface area contributed by atoms with E-state index in [1.54, 1.807) is 13.8 Å².